The number of nitrogens with one attached hydrogen (secondary N) is 3. The van der Waals surface area contributed by atoms with Crippen molar-refractivity contribution in [2.24, 2.45) is 11.7 Å². The Balaban J connectivity index is 2.50. The van der Waals surface area contributed by atoms with Gasteiger partial charge in [-0.15, -0.1) is 0 Å². The molecule has 5 N–H and O–H groups in total. The lowest BCUT2D eigenvalue weighted by molar-refractivity contribution is -0.123. The summed E-state index contributed by atoms with van der Waals surface area (Å²) in [5, 5.41) is 5.23. The van der Waals surface area contributed by atoms with E-state index in [0.29, 0.717) is 18.9 Å². The molecule has 0 aliphatic carbocycles. The number of hydrogen-bond donors (Lipinski definition) is 4. The van der Waals surface area contributed by atoms with Crippen molar-refractivity contribution in [1.82, 2.24) is 15.6 Å². The van der Waals surface area contributed by atoms with Crippen molar-refractivity contribution >= 4 is 11.9 Å². The molecule has 6 nitrogen and oxygen atoms in total. The maximum atomic E-state index is 11.9. The molecule has 0 fully saturated rings. The van der Waals surface area contributed by atoms with Crippen LogP contribution in [0, 0.1) is 5.92 Å². The summed E-state index contributed by atoms with van der Waals surface area (Å²) >= 11 is 0. The van der Waals surface area contributed by atoms with Crippen LogP contribution >= 0.6 is 0 Å². The van der Waals surface area contributed by atoms with Crippen molar-refractivity contribution in [3.8, 4) is 0 Å². The van der Waals surface area contributed by atoms with Crippen LogP contribution in [0.5, 0.6) is 0 Å². The largest absolute Gasteiger partial charge is 0.367 e. The van der Waals surface area contributed by atoms with Crippen LogP contribution in [-0.4, -0.2) is 23.0 Å². The fourth-order valence-corrected chi connectivity index (χ4v) is 1.66. The maximum Gasteiger partial charge on any atom is 0.312 e. The number of amides is 3. The minimum Gasteiger partial charge on any atom is -0.367 e. The molecule has 0 radical (unpaired) electrons. The maximum absolute atomic E-state index is 11.9. The number of rotatable bonds is 6. The van der Waals surface area contributed by atoms with Gasteiger partial charge in [-0.05, 0) is 24.0 Å². The highest BCUT2D eigenvalue weighted by Gasteiger charge is 2.20. The van der Waals surface area contributed by atoms with Crippen LogP contribution in [0.3, 0.4) is 0 Å². The highest BCUT2D eigenvalue weighted by atomic mass is 16.2. The first-order valence-electron chi connectivity index (χ1n) is 5.94. The van der Waals surface area contributed by atoms with Crippen LogP contribution in [0.25, 0.3) is 0 Å². The summed E-state index contributed by atoms with van der Waals surface area (Å²) in [6, 6.07) is 0.609. The van der Waals surface area contributed by atoms with Crippen molar-refractivity contribution in [3.05, 3.63) is 24.0 Å². The average Bonchev–Trinajstić information content (AvgIpc) is 2.76. The third-order valence-electron chi connectivity index (χ3n) is 2.47. The summed E-state index contributed by atoms with van der Waals surface area (Å²) in [5.41, 5.74) is 6.04. The summed E-state index contributed by atoms with van der Waals surface area (Å²) < 4.78 is 0. The molecular weight excluding hydrogens is 232 g/mol. The zero-order valence-electron chi connectivity index (χ0n) is 10.7. The monoisotopic (exact) mass is 252 g/mol. The number of carbonyl (C=O) groups excluding carboxylic acids is 2. The van der Waals surface area contributed by atoms with Gasteiger partial charge in [-0.2, -0.15) is 0 Å². The van der Waals surface area contributed by atoms with E-state index in [1.54, 1.807) is 12.4 Å². The Bertz CT molecular complexity index is 387. The van der Waals surface area contributed by atoms with Crippen LogP contribution < -0.4 is 16.4 Å². The first-order valence-corrected chi connectivity index (χ1v) is 5.94. The number of aromatic nitrogens is 1. The molecule has 1 aromatic heterocycles. The molecule has 0 bridgehead atoms. The fraction of sp³-hybridized carbons (Fsp3) is 0.500. The van der Waals surface area contributed by atoms with Gasteiger partial charge < -0.3 is 21.4 Å². The van der Waals surface area contributed by atoms with Crippen molar-refractivity contribution < 1.29 is 9.59 Å². The summed E-state index contributed by atoms with van der Waals surface area (Å²) in [4.78, 5) is 25.7. The minimum atomic E-state index is -0.683. The van der Waals surface area contributed by atoms with E-state index in [9.17, 15) is 9.59 Å². The van der Waals surface area contributed by atoms with E-state index < -0.39 is 12.1 Å². The van der Waals surface area contributed by atoms with Crippen molar-refractivity contribution in [2.45, 2.75) is 32.9 Å². The molecule has 1 atom stereocenters. The van der Waals surface area contributed by atoms with Gasteiger partial charge in [0.05, 0.1) is 0 Å². The van der Waals surface area contributed by atoms with Gasteiger partial charge in [0.15, 0.2) is 0 Å². The zero-order valence-corrected chi connectivity index (χ0v) is 10.7. The molecule has 1 heterocycles. The summed E-state index contributed by atoms with van der Waals surface area (Å²) in [5.74, 6) is 0.0727. The number of aromatic amines is 1. The van der Waals surface area contributed by atoms with Crippen LogP contribution in [0.4, 0.5) is 4.79 Å². The van der Waals surface area contributed by atoms with Crippen molar-refractivity contribution in [3.63, 3.8) is 0 Å². The number of carbonyl (C=O) groups is 2. The molecule has 0 aliphatic heterocycles. The van der Waals surface area contributed by atoms with E-state index in [1.165, 1.54) is 0 Å². The van der Waals surface area contributed by atoms with Gasteiger partial charge in [0.1, 0.15) is 6.04 Å². The predicted octanol–water partition coefficient (Wildman–Crippen LogP) is 0.714. The first-order chi connectivity index (χ1) is 8.49. The molecular formula is C12H20N4O2. The van der Waals surface area contributed by atoms with Gasteiger partial charge in [-0.1, -0.05) is 13.8 Å². The zero-order chi connectivity index (χ0) is 13.5. The SMILES string of the molecule is CC(C)CC(NC(N)=O)C(=O)NCc1cc[nH]c1. The third-order valence-corrected chi connectivity index (χ3v) is 2.47. The van der Waals surface area contributed by atoms with Gasteiger partial charge in [-0.25, -0.2) is 4.79 Å². The van der Waals surface area contributed by atoms with Crippen LogP contribution in [0.1, 0.15) is 25.8 Å². The molecule has 6 heteroatoms. The second-order valence-electron chi connectivity index (χ2n) is 4.63. The van der Waals surface area contributed by atoms with E-state index in [4.69, 9.17) is 5.73 Å². The van der Waals surface area contributed by atoms with Gasteiger partial charge in [0, 0.05) is 18.9 Å². The molecule has 0 spiro atoms. The average molecular weight is 252 g/mol. The van der Waals surface area contributed by atoms with E-state index >= 15 is 0 Å². The van der Waals surface area contributed by atoms with Crippen molar-refractivity contribution in [2.75, 3.05) is 0 Å². The number of hydrogen-bond acceptors (Lipinski definition) is 2. The molecule has 18 heavy (non-hydrogen) atoms. The molecule has 0 saturated carbocycles. The summed E-state index contributed by atoms with van der Waals surface area (Å²) in [6.07, 6.45) is 4.15. The number of urea groups is 1. The fourth-order valence-electron chi connectivity index (χ4n) is 1.66. The smallest absolute Gasteiger partial charge is 0.312 e. The molecule has 1 aromatic rings. The standard InChI is InChI=1S/C12H20N4O2/c1-8(2)5-10(16-12(13)18)11(17)15-7-9-3-4-14-6-9/h3-4,6,8,10,14H,5,7H2,1-2H3,(H,15,17)(H3,13,16,18). The van der Waals surface area contributed by atoms with Gasteiger partial charge in [-0.3, -0.25) is 4.79 Å². The Morgan fingerprint density at radius 2 is 2.17 bits per heavy atom. The van der Waals surface area contributed by atoms with Gasteiger partial charge >= 0.3 is 6.03 Å². The van der Waals surface area contributed by atoms with E-state index in [1.807, 2.05) is 19.9 Å². The predicted molar refractivity (Wildman–Crippen MR) is 68.6 cm³/mol. The topological polar surface area (TPSA) is 100 Å². The third kappa shape index (κ3) is 4.90. The molecule has 1 unspecified atom stereocenters. The Kier molecular flexibility index (Phi) is 5.23. The summed E-state index contributed by atoms with van der Waals surface area (Å²) in [7, 11) is 0. The van der Waals surface area contributed by atoms with Gasteiger partial charge in [0.2, 0.25) is 5.91 Å². The lowest BCUT2D eigenvalue weighted by atomic mass is 10.0. The molecule has 100 valence electrons. The molecule has 3 amide bonds. The highest BCUT2D eigenvalue weighted by Crippen LogP contribution is 2.05. The Labute approximate surface area is 106 Å². The quantitative estimate of drug-likeness (QED) is 0.599. The molecule has 1 rings (SSSR count). The van der Waals surface area contributed by atoms with E-state index in [2.05, 4.69) is 15.6 Å². The lowest BCUT2D eigenvalue weighted by Gasteiger charge is -2.18. The van der Waals surface area contributed by atoms with E-state index in [0.717, 1.165) is 5.56 Å². The van der Waals surface area contributed by atoms with Crippen molar-refractivity contribution in [1.29, 1.82) is 0 Å². The number of primary amides is 1. The number of nitrogens with two attached hydrogens (primary N) is 1. The minimum absolute atomic E-state index is 0.219. The molecule has 0 aliphatic rings. The van der Waals surface area contributed by atoms with Gasteiger partial charge in [0.25, 0.3) is 0 Å². The van der Waals surface area contributed by atoms with E-state index in [-0.39, 0.29) is 5.91 Å². The lowest BCUT2D eigenvalue weighted by Crippen LogP contribution is -2.48. The highest BCUT2D eigenvalue weighted by molar-refractivity contribution is 5.86. The number of H-pyrrole nitrogens is 1. The molecule has 0 aromatic carbocycles. The normalized spacial score (nSPS) is 12.2. The van der Waals surface area contributed by atoms with Crippen LogP contribution in [-0.2, 0) is 11.3 Å². The molecule has 0 saturated heterocycles. The second-order valence-corrected chi connectivity index (χ2v) is 4.63. The van der Waals surface area contributed by atoms with Crippen LogP contribution in [0.15, 0.2) is 18.5 Å². The summed E-state index contributed by atoms with van der Waals surface area (Å²) in [6.45, 7) is 4.39. The Morgan fingerprint density at radius 3 is 2.67 bits per heavy atom. The Hall–Kier alpha value is -1.98. The second kappa shape index (κ2) is 6.68. The first kappa shape index (κ1) is 14.1. The Morgan fingerprint density at radius 1 is 1.44 bits per heavy atom. The van der Waals surface area contributed by atoms with Crippen LogP contribution in [0.2, 0.25) is 0 Å².